The number of allylic oxidation sites excluding steroid dienone is 1. The first-order valence-corrected chi connectivity index (χ1v) is 4.70. The second-order valence-corrected chi connectivity index (χ2v) is 2.98. The van der Waals surface area contributed by atoms with Gasteiger partial charge in [0.05, 0.1) is 0 Å². The summed E-state index contributed by atoms with van der Waals surface area (Å²) in [7, 11) is 0. The molecule has 0 N–H and O–H groups in total. The van der Waals surface area contributed by atoms with E-state index < -0.39 is 0 Å². The van der Waals surface area contributed by atoms with Crippen LogP contribution in [0.5, 0.6) is 0 Å². The van der Waals surface area contributed by atoms with Crippen LogP contribution in [0.25, 0.3) is 12.2 Å². The van der Waals surface area contributed by atoms with Crippen molar-refractivity contribution in [2.75, 3.05) is 0 Å². The predicted molar refractivity (Wildman–Crippen MR) is 60.6 cm³/mol. The summed E-state index contributed by atoms with van der Waals surface area (Å²) in [5.74, 6) is 0. The molecule has 0 aliphatic carbocycles. The van der Waals surface area contributed by atoms with Gasteiger partial charge in [-0.3, -0.25) is 0 Å². The largest absolute Gasteiger partial charge is 0.0984 e. The highest BCUT2D eigenvalue weighted by Gasteiger charge is 1.99. The fourth-order valence-corrected chi connectivity index (χ4v) is 1.52. The van der Waals surface area contributed by atoms with Crippen LogP contribution in [0.3, 0.4) is 0 Å². The van der Waals surface area contributed by atoms with Gasteiger partial charge in [-0.25, -0.2) is 0 Å². The Hall–Kier alpha value is -1.30. The van der Waals surface area contributed by atoms with Crippen LogP contribution in [0.1, 0.15) is 30.5 Å². The Balaban J connectivity index is 3.26. The fourth-order valence-electron chi connectivity index (χ4n) is 1.52. The van der Waals surface area contributed by atoms with Crippen LogP contribution in [0.4, 0.5) is 0 Å². The van der Waals surface area contributed by atoms with Gasteiger partial charge in [-0.2, -0.15) is 0 Å². The van der Waals surface area contributed by atoms with Crippen LogP contribution in [0.2, 0.25) is 0 Å². The molecule has 1 aromatic rings. The summed E-state index contributed by atoms with van der Waals surface area (Å²) in [6.45, 7) is 8.05. The van der Waals surface area contributed by atoms with Crippen LogP contribution in [0.15, 0.2) is 30.9 Å². The molecule has 0 atom stereocenters. The Morgan fingerprint density at radius 1 is 1.38 bits per heavy atom. The Bertz CT molecular complexity index is 319. The number of rotatable bonds is 3. The molecule has 0 aliphatic rings. The molecule has 0 aliphatic heterocycles. The number of benzene rings is 1. The van der Waals surface area contributed by atoms with Gasteiger partial charge in [-0.1, -0.05) is 49.9 Å². The van der Waals surface area contributed by atoms with Crippen molar-refractivity contribution < 1.29 is 0 Å². The van der Waals surface area contributed by atoms with E-state index in [1.807, 2.05) is 13.0 Å². The highest BCUT2D eigenvalue weighted by atomic mass is 14.0. The van der Waals surface area contributed by atoms with Crippen molar-refractivity contribution in [3.8, 4) is 0 Å². The molecule has 0 saturated carbocycles. The minimum Gasteiger partial charge on any atom is -0.0984 e. The summed E-state index contributed by atoms with van der Waals surface area (Å²) in [5.41, 5.74) is 3.89. The van der Waals surface area contributed by atoms with Crippen molar-refractivity contribution in [2.24, 2.45) is 0 Å². The highest BCUT2D eigenvalue weighted by Crippen LogP contribution is 2.18. The van der Waals surface area contributed by atoms with Crippen molar-refractivity contribution in [3.63, 3.8) is 0 Å². The lowest BCUT2D eigenvalue weighted by molar-refractivity contribution is 1.13. The van der Waals surface area contributed by atoms with Crippen LogP contribution in [-0.4, -0.2) is 0 Å². The summed E-state index contributed by atoms with van der Waals surface area (Å²) in [5, 5.41) is 0. The van der Waals surface area contributed by atoms with Gasteiger partial charge >= 0.3 is 0 Å². The number of aryl methyl sites for hydroxylation is 1. The molecule has 0 spiro atoms. The van der Waals surface area contributed by atoms with Crippen molar-refractivity contribution in [2.45, 2.75) is 20.3 Å². The zero-order valence-electron chi connectivity index (χ0n) is 8.38. The van der Waals surface area contributed by atoms with Crippen LogP contribution < -0.4 is 0 Å². The van der Waals surface area contributed by atoms with E-state index in [0.717, 1.165) is 6.42 Å². The highest BCUT2D eigenvalue weighted by molar-refractivity contribution is 5.66. The van der Waals surface area contributed by atoms with Crippen molar-refractivity contribution in [1.82, 2.24) is 0 Å². The maximum absolute atomic E-state index is 3.85. The molecule has 13 heavy (non-hydrogen) atoms. The third-order valence-electron chi connectivity index (χ3n) is 2.16. The second-order valence-electron chi connectivity index (χ2n) is 2.98. The van der Waals surface area contributed by atoms with Gasteiger partial charge in [-0.15, -0.1) is 0 Å². The Morgan fingerprint density at radius 3 is 2.69 bits per heavy atom. The lowest BCUT2D eigenvalue weighted by Crippen LogP contribution is -1.89. The molecule has 1 rings (SSSR count). The molecule has 0 saturated heterocycles. The van der Waals surface area contributed by atoms with Crippen molar-refractivity contribution in [1.29, 1.82) is 0 Å². The van der Waals surface area contributed by atoms with Gasteiger partial charge < -0.3 is 0 Å². The van der Waals surface area contributed by atoms with Crippen molar-refractivity contribution >= 4 is 12.2 Å². The molecule has 68 valence electrons. The average molecular weight is 172 g/mol. The van der Waals surface area contributed by atoms with E-state index in [1.54, 1.807) is 0 Å². The molecule has 0 aromatic heterocycles. The van der Waals surface area contributed by atoms with Crippen LogP contribution in [-0.2, 0) is 6.42 Å². The third-order valence-corrected chi connectivity index (χ3v) is 2.16. The molecule has 0 fully saturated rings. The minimum atomic E-state index is 1.06. The molecular weight excluding hydrogens is 156 g/mol. The molecule has 0 heteroatoms. The van der Waals surface area contributed by atoms with E-state index in [1.165, 1.54) is 16.7 Å². The number of hydrogen-bond donors (Lipinski definition) is 0. The summed E-state index contributed by atoms with van der Waals surface area (Å²) in [6, 6.07) is 6.38. The molecular formula is C13H16. The molecule has 0 nitrogen and oxygen atoms in total. The standard InChI is InChI=1S/C13H16/c1-4-8-12-10-7-9-11(5-2)13(12)6-3/h4,6-10H,3,5H2,1-2H3/b8-4-. The third kappa shape index (κ3) is 2.09. The molecule has 0 amide bonds. The van der Waals surface area contributed by atoms with Gasteiger partial charge in [-0.05, 0) is 30.0 Å². The number of hydrogen-bond acceptors (Lipinski definition) is 0. The zero-order chi connectivity index (χ0) is 9.68. The van der Waals surface area contributed by atoms with E-state index in [9.17, 15) is 0 Å². The average Bonchev–Trinajstić information content (AvgIpc) is 2.18. The quantitative estimate of drug-likeness (QED) is 0.648. The van der Waals surface area contributed by atoms with E-state index in [4.69, 9.17) is 0 Å². The first-order chi connectivity index (χ1) is 6.33. The summed E-state index contributed by atoms with van der Waals surface area (Å²) < 4.78 is 0. The smallest absolute Gasteiger partial charge is 0.0158 e. The maximum Gasteiger partial charge on any atom is -0.0158 e. The SMILES string of the molecule is C=Cc1c(/C=C\C)cccc1CC. The minimum absolute atomic E-state index is 1.06. The van der Waals surface area contributed by atoms with Gasteiger partial charge in [0.15, 0.2) is 0 Å². The molecule has 0 heterocycles. The first-order valence-electron chi connectivity index (χ1n) is 4.70. The lowest BCUT2D eigenvalue weighted by Gasteiger charge is -2.06. The maximum atomic E-state index is 3.85. The summed E-state index contributed by atoms with van der Waals surface area (Å²) >= 11 is 0. The molecule has 1 aromatic carbocycles. The first kappa shape index (κ1) is 9.79. The van der Waals surface area contributed by atoms with Gasteiger partial charge in [0, 0.05) is 0 Å². The Kier molecular flexibility index (Phi) is 3.51. The van der Waals surface area contributed by atoms with Crippen LogP contribution >= 0.6 is 0 Å². The fraction of sp³-hybridized carbons (Fsp3) is 0.231. The predicted octanol–water partition coefficient (Wildman–Crippen LogP) is 3.93. The van der Waals surface area contributed by atoms with E-state index in [-0.39, 0.29) is 0 Å². The topological polar surface area (TPSA) is 0 Å². The molecule has 0 bridgehead atoms. The van der Waals surface area contributed by atoms with E-state index >= 15 is 0 Å². The normalized spacial score (nSPS) is 10.6. The summed E-state index contributed by atoms with van der Waals surface area (Å²) in [6.07, 6.45) is 7.18. The monoisotopic (exact) mass is 172 g/mol. The van der Waals surface area contributed by atoms with Gasteiger partial charge in [0.25, 0.3) is 0 Å². The van der Waals surface area contributed by atoms with Gasteiger partial charge in [0.1, 0.15) is 0 Å². The zero-order valence-corrected chi connectivity index (χ0v) is 8.38. The van der Waals surface area contributed by atoms with E-state index in [0.29, 0.717) is 0 Å². The molecule has 0 unspecified atom stereocenters. The summed E-state index contributed by atoms with van der Waals surface area (Å²) in [4.78, 5) is 0. The Labute approximate surface area is 80.6 Å². The van der Waals surface area contributed by atoms with E-state index in [2.05, 4.69) is 43.9 Å². The van der Waals surface area contributed by atoms with Crippen LogP contribution in [0, 0.1) is 0 Å². The van der Waals surface area contributed by atoms with Gasteiger partial charge in [0.2, 0.25) is 0 Å². The molecule has 0 radical (unpaired) electrons. The van der Waals surface area contributed by atoms with Crippen molar-refractivity contribution in [3.05, 3.63) is 47.5 Å². The second kappa shape index (κ2) is 4.66. The Morgan fingerprint density at radius 2 is 2.15 bits per heavy atom. The lowest BCUT2D eigenvalue weighted by atomic mass is 9.99.